The van der Waals surface area contributed by atoms with Gasteiger partial charge in [0.2, 0.25) is 12.7 Å². The largest absolute Gasteiger partial charge is 0.454 e. The molecule has 3 aromatic heterocycles. The summed E-state index contributed by atoms with van der Waals surface area (Å²) in [7, 11) is 0. The topological polar surface area (TPSA) is 93.5 Å². The number of imidazole rings is 1. The number of hydrogen-bond donors (Lipinski definition) is 1. The zero-order valence-corrected chi connectivity index (χ0v) is 19.2. The molecule has 0 saturated carbocycles. The first-order chi connectivity index (χ1) is 16.7. The van der Waals surface area contributed by atoms with E-state index in [4.69, 9.17) is 14.5 Å². The maximum atomic E-state index is 5.51. The zero-order valence-electron chi connectivity index (χ0n) is 19.2. The van der Waals surface area contributed by atoms with Crippen molar-refractivity contribution in [2.24, 2.45) is 0 Å². The van der Waals surface area contributed by atoms with Gasteiger partial charge in [0, 0.05) is 50.2 Å². The van der Waals surface area contributed by atoms with Crippen molar-refractivity contribution >= 4 is 34.4 Å². The Kier molecular flexibility index (Phi) is 5.05. The van der Waals surface area contributed by atoms with Crippen LogP contribution in [0.3, 0.4) is 0 Å². The third kappa shape index (κ3) is 3.60. The molecule has 0 amide bonds. The molecule has 0 radical (unpaired) electrons. The Morgan fingerprint density at radius 1 is 0.912 bits per heavy atom. The van der Waals surface area contributed by atoms with E-state index in [0.29, 0.717) is 5.82 Å². The van der Waals surface area contributed by atoms with E-state index in [0.717, 1.165) is 66.3 Å². The van der Waals surface area contributed by atoms with E-state index in [1.54, 1.807) is 6.33 Å². The number of piperazine rings is 1. The van der Waals surface area contributed by atoms with Crippen molar-refractivity contribution in [3.8, 4) is 11.5 Å². The van der Waals surface area contributed by atoms with Gasteiger partial charge in [-0.05, 0) is 38.1 Å². The summed E-state index contributed by atoms with van der Waals surface area (Å²) in [5.74, 6) is 4.06. The van der Waals surface area contributed by atoms with Crippen LogP contribution in [0.1, 0.15) is 19.9 Å². The number of ether oxygens (including phenoxy) is 2. The van der Waals surface area contributed by atoms with Crippen LogP contribution in [0.25, 0.3) is 11.2 Å². The summed E-state index contributed by atoms with van der Waals surface area (Å²) in [4.78, 5) is 23.3. The Balaban J connectivity index is 1.31. The molecule has 1 N–H and O–H groups in total. The van der Waals surface area contributed by atoms with E-state index in [1.807, 2.05) is 36.5 Å². The van der Waals surface area contributed by atoms with Crippen molar-refractivity contribution in [3.05, 3.63) is 48.9 Å². The molecule has 1 saturated heterocycles. The molecule has 1 fully saturated rings. The van der Waals surface area contributed by atoms with E-state index in [2.05, 4.69) is 54.5 Å². The molecule has 2 aliphatic heterocycles. The number of benzene rings is 1. The number of nitrogens with one attached hydrogen (secondary N) is 1. The molecular weight excluding hydrogens is 432 g/mol. The van der Waals surface area contributed by atoms with E-state index < -0.39 is 0 Å². The number of rotatable bonds is 5. The van der Waals surface area contributed by atoms with Gasteiger partial charge in [-0.15, -0.1) is 0 Å². The van der Waals surface area contributed by atoms with Gasteiger partial charge in [-0.1, -0.05) is 6.07 Å². The summed E-state index contributed by atoms with van der Waals surface area (Å²) >= 11 is 0. The summed E-state index contributed by atoms with van der Waals surface area (Å²) in [5, 5.41) is 3.39. The molecule has 174 valence electrons. The van der Waals surface area contributed by atoms with E-state index >= 15 is 0 Å². The average Bonchev–Trinajstić information content (AvgIpc) is 3.50. The highest BCUT2D eigenvalue weighted by Gasteiger charge is 2.26. The van der Waals surface area contributed by atoms with Gasteiger partial charge in [0.25, 0.3) is 0 Å². The molecule has 34 heavy (non-hydrogen) atoms. The quantitative estimate of drug-likeness (QED) is 0.481. The fraction of sp³-hybridized carbons (Fsp3) is 0.333. The molecule has 10 nitrogen and oxygen atoms in total. The summed E-state index contributed by atoms with van der Waals surface area (Å²) in [6.45, 7) is 8.02. The maximum absolute atomic E-state index is 5.51. The number of hydrogen-bond acceptors (Lipinski definition) is 9. The molecule has 4 aromatic rings. The van der Waals surface area contributed by atoms with Crippen molar-refractivity contribution < 1.29 is 9.47 Å². The number of pyridine rings is 1. The Morgan fingerprint density at radius 3 is 2.53 bits per heavy atom. The van der Waals surface area contributed by atoms with E-state index in [1.165, 1.54) is 0 Å². The van der Waals surface area contributed by atoms with Crippen LogP contribution in [-0.2, 0) is 0 Å². The van der Waals surface area contributed by atoms with Crippen LogP contribution in [0, 0.1) is 0 Å². The van der Waals surface area contributed by atoms with Crippen LogP contribution in [0.5, 0.6) is 11.5 Å². The van der Waals surface area contributed by atoms with Crippen LogP contribution in [0.15, 0.2) is 48.9 Å². The van der Waals surface area contributed by atoms with Crippen molar-refractivity contribution in [2.45, 2.75) is 19.9 Å². The normalized spacial score (nSPS) is 15.4. The molecule has 6 rings (SSSR count). The average molecular weight is 459 g/mol. The molecular formula is C24H26N8O2. The van der Waals surface area contributed by atoms with Gasteiger partial charge in [0.15, 0.2) is 28.5 Å². The molecule has 0 atom stereocenters. The number of anilines is 4. The summed E-state index contributed by atoms with van der Waals surface area (Å²) < 4.78 is 13.1. The predicted molar refractivity (Wildman–Crippen MR) is 130 cm³/mol. The van der Waals surface area contributed by atoms with Crippen LogP contribution in [0.2, 0.25) is 0 Å². The standard InChI is InChI=1S/C24H26N8O2/c1-16(2)32-23-21(22(26-14-27-23)28-17-6-7-18-19(13-17)34-15-33-18)29-24(32)31-11-9-30(10-12-31)20-5-3-4-8-25-20/h3-8,13-14,16H,9-12,15H2,1-2H3,(H,26,27,28). The Bertz CT molecular complexity index is 1320. The molecule has 0 bridgehead atoms. The second-order valence-corrected chi connectivity index (χ2v) is 8.63. The Labute approximate surface area is 197 Å². The number of fused-ring (bicyclic) bond motifs is 2. The number of aromatic nitrogens is 5. The van der Waals surface area contributed by atoms with Crippen LogP contribution in [0.4, 0.5) is 23.3 Å². The van der Waals surface area contributed by atoms with Gasteiger partial charge in [-0.25, -0.2) is 19.9 Å². The zero-order chi connectivity index (χ0) is 23.1. The molecule has 10 heteroatoms. The van der Waals surface area contributed by atoms with E-state index in [9.17, 15) is 0 Å². The maximum Gasteiger partial charge on any atom is 0.231 e. The first kappa shape index (κ1) is 20.5. The second-order valence-electron chi connectivity index (χ2n) is 8.63. The van der Waals surface area contributed by atoms with Gasteiger partial charge in [0.05, 0.1) is 0 Å². The third-order valence-corrected chi connectivity index (χ3v) is 6.15. The minimum atomic E-state index is 0.196. The van der Waals surface area contributed by atoms with Crippen molar-refractivity contribution in [1.29, 1.82) is 0 Å². The first-order valence-electron chi connectivity index (χ1n) is 11.5. The van der Waals surface area contributed by atoms with Gasteiger partial charge < -0.3 is 24.6 Å². The van der Waals surface area contributed by atoms with Crippen LogP contribution in [-0.4, -0.2) is 57.5 Å². The predicted octanol–water partition coefficient (Wildman–Crippen LogP) is 3.60. The lowest BCUT2D eigenvalue weighted by Crippen LogP contribution is -2.47. The first-order valence-corrected chi connectivity index (χ1v) is 11.5. The van der Waals surface area contributed by atoms with Crippen LogP contribution >= 0.6 is 0 Å². The summed E-state index contributed by atoms with van der Waals surface area (Å²) in [5.41, 5.74) is 2.42. The van der Waals surface area contributed by atoms with Crippen molar-refractivity contribution in [1.82, 2.24) is 24.5 Å². The van der Waals surface area contributed by atoms with Crippen LogP contribution < -0.4 is 24.6 Å². The summed E-state index contributed by atoms with van der Waals surface area (Å²) in [6, 6.07) is 12.0. The SMILES string of the molecule is CC(C)n1c(N2CCN(c3ccccn3)CC2)nc2c(Nc3ccc4c(c3)OCO4)ncnc21. The highest BCUT2D eigenvalue weighted by Crippen LogP contribution is 2.36. The lowest BCUT2D eigenvalue weighted by Gasteiger charge is -2.36. The Morgan fingerprint density at radius 2 is 1.74 bits per heavy atom. The number of nitrogens with zero attached hydrogens (tertiary/aromatic N) is 7. The Hall–Kier alpha value is -4.08. The molecule has 0 unspecified atom stereocenters. The van der Waals surface area contributed by atoms with Crippen molar-refractivity contribution in [2.75, 3.05) is 48.1 Å². The fourth-order valence-corrected chi connectivity index (χ4v) is 4.47. The highest BCUT2D eigenvalue weighted by atomic mass is 16.7. The summed E-state index contributed by atoms with van der Waals surface area (Å²) in [6.07, 6.45) is 3.42. The lowest BCUT2D eigenvalue weighted by atomic mass is 10.2. The molecule has 1 aromatic carbocycles. The molecule has 0 aliphatic carbocycles. The smallest absolute Gasteiger partial charge is 0.231 e. The second kappa shape index (κ2) is 8.36. The highest BCUT2D eigenvalue weighted by molar-refractivity contribution is 5.87. The van der Waals surface area contributed by atoms with Gasteiger partial charge in [-0.2, -0.15) is 0 Å². The van der Waals surface area contributed by atoms with Crippen molar-refractivity contribution in [3.63, 3.8) is 0 Å². The molecule has 2 aliphatic rings. The molecule has 5 heterocycles. The fourth-order valence-electron chi connectivity index (χ4n) is 4.47. The minimum absolute atomic E-state index is 0.196. The van der Waals surface area contributed by atoms with E-state index in [-0.39, 0.29) is 12.8 Å². The van der Waals surface area contributed by atoms with Gasteiger partial charge in [0.1, 0.15) is 12.1 Å². The third-order valence-electron chi connectivity index (χ3n) is 6.15. The van der Waals surface area contributed by atoms with Gasteiger partial charge in [-0.3, -0.25) is 4.57 Å². The molecule has 0 spiro atoms. The minimum Gasteiger partial charge on any atom is -0.454 e. The lowest BCUT2D eigenvalue weighted by molar-refractivity contribution is 0.174. The monoisotopic (exact) mass is 458 g/mol. The van der Waals surface area contributed by atoms with Gasteiger partial charge >= 0.3 is 0 Å².